The second-order valence-corrected chi connectivity index (χ2v) is 18.2. The molecule has 0 bridgehead atoms. The van der Waals surface area contributed by atoms with E-state index in [4.69, 9.17) is 14.5 Å². The van der Waals surface area contributed by atoms with Crippen molar-refractivity contribution >= 4 is 30.6 Å². The molecule has 0 unspecified atom stereocenters. The van der Waals surface area contributed by atoms with Gasteiger partial charge < -0.3 is 9.47 Å². The zero-order valence-corrected chi connectivity index (χ0v) is 26.5. The quantitative estimate of drug-likeness (QED) is 0.131. The van der Waals surface area contributed by atoms with E-state index < -0.39 is 14.2 Å². The summed E-state index contributed by atoms with van der Waals surface area (Å²) in [5, 5.41) is 5.51. The first-order chi connectivity index (χ1) is 20.8. The minimum absolute atomic E-state index is 0.114. The number of amides is 1. The van der Waals surface area contributed by atoms with Crippen LogP contribution in [0, 0.1) is 0 Å². The number of benzene rings is 2. The molecule has 226 valence electrons. The fraction of sp³-hybridized carbons (Fsp3) is 0.412. The molecule has 8 nitrogen and oxygen atoms in total. The second kappa shape index (κ2) is 14.1. The Morgan fingerprint density at radius 2 is 1.77 bits per heavy atom. The zero-order chi connectivity index (χ0) is 30.2. The molecule has 0 spiro atoms. The zero-order valence-electron chi connectivity index (χ0n) is 25.5. The van der Waals surface area contributed by atoms with E-state index in [1.54, 1.807) is 23.2 Å². The van der Waals surface area contributed by atoms with Crippen molar-refractivity contribution < 1.29 is 14.3 Å². The van der Waals surface area contributed by atoms with Crippen molar-refractivity contribution in [1.82, 2.24) is 14.8 Å². The van der Waals surface area contributed by atoms with E-state index >= 15 is 0 Å². The lowest BCUT2D eigenvalue weighted by molar-refractivity contribution is 0.0754. The lowest BCUT2D eigenvalue weighted by atomic mass is 9.86. The Hall–Kier alpha value is -3.82. The number of pyridine rings is 1. The molecule has 5 rings (SSSR count). The number of anilines is 1. The third-order valence-corrected chi connectivity index (χ3v) is 9.70. The van der Waals surface area contributed by atoms with Crippen LogP contribution in [0.15, 0.2) is 77.9 Å². The van der Waals surface area contributed by atoms with Gasteiger partial charge in [-0.15, -0.1) is 0 Å². The molecule has 4 aromatic rings. The minimum Gasteiger partial charge on any atom is -0.444 e. The Morgan fingerprint density at radius 1 is 0.977 bits per heavy atom. The van der Waals surface area contributed by atoms with Crippen LogP contribution >= 0.6 is 0 Å². The molecule has 2 heterocycles. The summed E-state index contributed by atoms with van der Waals surface area (Å²) in [6.45, 7) is 8.04. The average molecular weight is 599 g/mol. The van der Waals surface area contributed by atoms with E-state index in [0.29, 0.717) is 29.0 Å². The lowest BCUT2D eigenvalue weighted by Crippen LogP contribution is -2.31. The highest BCUT2D eigenvalue weighted by Crippen LogP contribution is 2.31. The first-order valence-electron chi connectivity index (χ1n) is 15.3. The molecular formula is C34H42N4O4Si. The van der Waals surface area contributed by atoms with Crippen LogP contribution in [0.2, 0.25) is 25.7 Å². The number of fused-ring (bicyclic) bond motifs is 1. The Bertz CT molecular complexity index is 1560. The van der Waals surface area contributed by atoms with Crippen molar-refractivity contribution in [2.75, 3.05) is 11.5 Å². The van der Waals surface area contributed by atoms with E-state index in [0.717, 1.165) is 22.9 Å². The fourth-order valence-corrected chi connectivity index (χ4v) is 6.13. The van der Waals surface area contributed by atoms with E-state index in [9.17, 15) is 9.59 Å². The summed E-state index contributed by atoms with van der Waals surface area (Å²) >= 11 is 0. The van der Waals surface area contributed by atoms with Crippen LogP contribution in [0.25, 0.3) is 10.8 Å². The largest absolute Gasteiger partial charge is 0.444 e. The SMILES string of the molecule is C[Si](C)(C)CCOCn1ncc2cc(N(Cc3ccc(C4CCCCC4)nc3)C(=O)OCc3ccccc3)ccc2c1=O. The number of carbonyl (C=O) groups is 1. The van der Waals surface area contributed by atoms with Gasteiger partial charge in [-0.2, -0.15) is 5.10 Å². The summed E-state index contributed by atoms with van der Waals surface area (Å²) in [7, 11) is -1.22. The first kappa shape index (κ1) is 30.6. The second-order valence-electron chi connectivity index (χ2n) is 12.6. The van der Waals surface area contributed by atoms with Crippen LogP contribution in [0.3, 0.4) is 0 Å². The highest BCUT2D eigenvalue weighted by molar-refractivity contribution is 6.76. The molecule has 0 atom stereocenters. The third kappa shape index (κ3) is 8.39. The third-order valence-electron chi connectivity index (χ3n) is 8.00. The van der Waals surface area contributed by atoms with E-state index in [1.165, 1.54) is 36.8 Å². The predicted octanol–water partition coefficient (Wildman–Crippen LogP) is 7.49. The summed E-state index contributed by atoms with van der Waals surface area (Å²) in [5.74, 6) is 0.512. The molecular weight excluding hydrogens is 556 g/mol. The van der Waals surface area contributed by atoms with Crippen molar-refractivity contribution in [1.29, 1.82) is 0 Å². The molecule has 1 fully saturated rings. The Balaban J connectivity index is 1.36. The number of nitrogens with zero attached hydrogens (tertiary/aromatic N) is 4. The summed E-state index contributed by atoms with van der Waals surface area (Å²) < 4.78 is 12.8. The normalized spacial score (nSPS) is 14.1. The average Bonchev–Trinajstić information content (AvgIpc) is 3.02. The molecule has 1 saturated carbocycles. The van der Waals surface area contributed by atoms with Crippen LogP contribution in [-0.4, -0.2) is 35.5 Å². The van der Waals surface area contributed by atoms with Crippen LogP contribution in [0.5, 0.6) is 0 Å². The van der Waals surface area contributed by atoms with Gasteiger partial charge in [-0.25, -0.2) is 9.48 Å². The molecule has 0 aliphatic heterocycles. The molecule has 1 aliphatic rings. The molecule has 0 radical (unpaired) electrons. The maximum absolute atomic E-state index is 13.5. The van der Waals surface area contributed by atoms with Crippen molar-refractivity contribution in [2.45, 2.75) is 83.6 Å². The van der Waals surface area contributed by atoms with Gasteiger partial charge in [0.15, 0.2) is 0 Å². The van der Waals surface area contributed by atoms with E-state index in [-0.39, 0.29) is 25.4 Å². The molecule has 1 amide bonds. The van der Waals surface area contributed by atoms with Gasteiger partial charge in [-0.3, -0.25) is 14.7 Å². The van der Waals surface area contributed by atoms with E-state index in [1.807, 2.05) is 42.6 Å². The molecule has 2 aromatic carbocycles. The van der Waals surface area contributed by atoms with Gasteiger partial charge in [0.2, 0.25) is 0 Å². The van der Waals surface area contributed by atoms with Crippen LogP contribution in [0.1, 0.15) is 54.8 Å². The highest BCUT2D eigenvalue weighted by atomic mass is 28.3. The van der Waals surface area contributed by atoms with Crippen molar-refractivity contribution in [3.05, 3.63) is 100 Å². The van der Waals surface area contributed by atoms with Gasteiger partial charge in [0.25, 0.3) is 5.56 Å². The summed E-state index contributed by atoms with van der Waals surface area (Å²) in [4.78, 5) is 33.0. The maximum atomic E-state index is 13.5. The molecule has 1 aliphatic carbocycles. The van der Waals surface area contributed by atoms with Gasteiger partial charge in [-0.1, -0.05) is 75.3 Å². The minimum atomic E-state index is -1.22. The smallest absolute Gasteiger partial charge is 0.414 e. The predicted molar refractivity (Wildman–Crippen MR) is 173 cm³/mol. The number of carbonyl (C=O) groups excluding carboxylic acids is 1. The van der Waals surface area contributed by atoms with Crippen molar-refractivity contribution in [3.63, 3.8) is 0 Å². The molecule has 0 saturated heterocycles. The van der Waals surface area contributed by atoms with Gasteiger partial charge in [0.05, 0.1) is 18.1 Å². The summed E-state index contributed by atoms with van der Waals surface area (Å²) in [5.41, 5.74) is 3.33. The molecule has 0 N–H and O–H groups in total. The topological polar surface area (TPSA) is 86.6 Å². The summed E-state index contributed by atoms with van der Waals surface area (Å²) in [6.07, 6.45) is 9.21. The number of hydrogen-bond acceptors (Lipinski definition) is 6. The molecule has 43 heavy (non-hydrogen) atoms. The monoisotopic (exact) mass is 598 g/mol. The Kier molecular flexibility index (Phi) is 10.0. The number of rotatable bonds is 11. The van der Waals surface area contributed by atoms with Gasteiger partial charge in [0, 0.05) is 43.6 Å². The van der Waals surface area contributed by atoms with Crippen LogP contribution in [0.4, 0.5) is 10.5 Å². The first-order valence-corrected chi connectivity index (χ1v) is 19.0. The van der Waals surface area contributed by atoms with Gasteiger partial charge in [-0.05, 0) is 54.3 Å². The highest BCUT2D eigenvalue weighted by Gasteiger charge is 2.21. The van der Waals surface area contributed by atoms with Crippen LogP contribution < -0.4 is 10.5 Å². The van der Waals surface area contributed by atoms with E-state index in [2.05, 4.69) is 36.9 Å². The lowest BCUT2D eigenvalue weighted by Gasteiger charge is -2.24. The number of ether oxygens (including phenoxy) is 2. The Labute approximate surface area is 254 Å². The standard InChI is InChI=1S/C34H42N4O4Si/c1-43(2,3)19-18-41-25-38-33(39)31-16-15-30(20-29(31)22-36-38)37(34(40)42-24-26-10-6-4-7-11-26)23-27-14-17-32(35-21-27)28-12-8-5-9-13-28/h4,6-7,10-11,14-17,20-22,28H,5,8-9,12-13,18-19,23-25H2,1-3H3. The van der Waals surface area contributed by atoms with Crippen molar-refractivity contribution in [3.8, 4) is 0 Å². The Morgan fingerprint density at radius 3 is 2.49 bits per heavy atom. The van der Waals surface area contributed by atoms with Gasteiger partial charge >= 0.3 is 6.09 Å². The molecule has 2 aromatic heterocycles. The van der Waals surface area contributed by atoms with Crippen molar-refractivity contribution in [2.24, 2.45) is 0 Å². The van der Waals surface area contributed by atoms with Gasteiger partial charge in [0.1, 0.15) is 13.3 Å². The maximum Gasteiger partial charge on any atom is 0.414 e. The van der Waals surface area contributed by atoms with Crippen LogP contribution in [-0.2, 0) is 29.4 Å². The summed E-state index contributed by atoms with van der Waals surface area (Å²) in [6, 6.07) is 20.1. The fourth-order valence-electron chi connectivity index (χ4n) is 5.37. The molecule has 9 heteroatoms. The number of aromatic nitrogens is 3. The number of hydrogen-bond donors (Lipinski definition) is 0.